The van der Waals surface area contributed by atoms with Crippen LogP contribution in [0.15, 0.2) is 46.8 Å². The van der Waals surface area contributed by atoms with Gasteiger partial charge in [-0.15, -0.1) is 0 Å². The number of dihydropyridines is 1. The highest BCUT2D eigenvalue weighted by molar-refractivity contribution is 6.31. The average molecular weight is 396 g/mol. The van der Waals surface area contributed by atoms with E-state index in [-0.39, 0.29) is 24.4 Å². The molecule has 1 aliphatic rings. The van der Waals surface area contributed by atoms with Crippen molar-refractivity contribution in [1.29, 1.82) is 0 Å². The molecule has 0 atom stereocenters. The molecule has 0 radical (unpaired) electrons. The van der Waals surface area contributed by atoms with E-state index in [0.717, 1.165) is 0 Å². The fourth-order valence-corrected chi connectivity index (χ4v) is 3.29. The van der Waals surface area contributed by atoms with Crippen molar-refractivity contribution in [3.8, 4) is 0 Å². The SMILES string of the molecule is COCC1=C(C(=O)OC)C(c2ccccc2Cl)C(C(=O)OC)=C(COC)N1. The van der Waals surface area contributed by atoms with Gasteiger partial charge in [0.05, 0.1) is 55.9 Å². The van der Waals surface area contributed by atoms with Crippen LogP contribution in [0.1, 0.15) is 11.5 Å². The number of hydrogen-bond acceptors (Lipinski definition) is 7. The second-order valence-electron chi connectivity index (χ2n) is 5.71. The lowest BCUT2D eigenvalue weighted by Crippen LogP contribution is -2.36. The third kappa shape index (κ3) is 4.32. The van der Waals surface area contributed by atoms with Crippen molar-refractivity contribution in [3.05, 3.63) is 57.4 Å². The fraction of sp³-hybridized carbons (Fsp3) is 0.368. The molecule has 0 fully saturated rings. The minimum absolute atomic E-state index is 0.104. The van der Waals surface area contributed by atoms with Crippen LogP contribution in [0.2, 0.25) is 5.02 Å². The molecule has 2 rings (SSSR count). The van der Waals surface area contributed by atoms with Gasteiger partial charge >= 0.3 is 11.9 Å². The Hall–Kier alpha value is -2.35. The zero-order valence-corrected chi connectivity index (χ0v) is 16.4. The number of ether oxygens (including phenoxy) is 4. The first-order chi connectivity index (χ1) is 13.0. The van der Waals surface area contributed by atoms with Crippen molar-refractivity contribution in [2.75, 3.05) is 41.7 Å². The van der Waals surface area contributed by atoms with E-state index in [4.69, 9.17) is 30.5 Å². The quantitative estimate of drug-likeness (QED) is 0.708. The van der Waals surface area contributed by atoms with Gasteiger partial charge in [0.1, 0.15) is 0 Å². The molecule has 1 aromatic rings. The van der Waals surface area contributed by atoms with Gasteiger partial charge in [0.25, 0.3) is 0 Å². The number of esters is 2. The standard InChI is InChI=1S/C19H22ClNO6/c1-24-9-13-16(18(22)26-3)15(11-7-5-6-8-12(11)20)17(19(23)27-4)14(21-13)10-25-2/h5-8,15,21H,9-10H2,1-4H3. The van der Waals surface area contributed by atoms with E-state index in [2.05, 4.69) is 5.32 Å². The fourth-order valence-electron chi connectivity index (χ4n) is 3.05. The summed E-state index contributed by atoms with van der Waals surface area (Å²) in [6.07, 6.45) is 0. The molecule has 0 spiro atoms. The first-order valence-electron chi connectivity index (χ1n) is 8.12. The summed E-state index contributed by atoms with van der Waals surface area (Å²) >= 11 is 6.40. The topological polar surface area (TPSA) is 83.1 Å². The first-order valence-corrected chi connectivity index (χ1v) is 8.49. The molecule has 1 heterocycles. The number of carbonyl (C=O) groups is 2. The molecule has 0 unspecified atom stereocenters. The van der Waals surface area contributed by atoms with Crippen LogP contribution in [0.5, 0.6) is 0 Å². The van der Waals surface area contributed by atoms with Crippen LogP contribution in [0.25, 0.3) is 0 Å². The summed E-state index contributed by atoms with van der Waals surface area (Å²) in [4.78, 5) is 25.3. The zero-order valence-electron chi connectivity index (χ0n) is 15.6. The van der Waals surface area contributed by atoms with E-state index in [0.29, 0.717) is 22.0 Å². The lowest BCUT2D eigenvalue weighted by atomic mass is 9.80. The molecule has 27 heavy (non-hydrogen) atoms. The van der Waals surface area contributed by atoms with Crippen LogP contribution in [0.4, 0.5) is 0 Å². The normalized spacial score (nSPS) is 14.9. The van der Waals surface area contributed by atoms with E-state index in [1.807, 2.05) is 0 Å². The highest BCUT2D eigenvalue weighted by Crippen LogP contribution is 2.41. The molecule has 0 aliphatic carbocycles. The molecule has 7 nitrogen and oxygen atoms in total. The second-order valence-corrected chi connectivity index (χ2v) is 6.12. The Morgan fingerprint density at radius 2 is 1.41 bits per heavy atom. The lowest BCUT2D eigenvalue weighted by Gasteiger charge is -2.32. The van der Waals surface area contributed by atoms with Crippen molar-refractivity contribution >= 4 is 23.5 Å². The third-order valence-corrected chi connectivity index (χ3v) is 4.48. The summed E-state index contributed by atoms with van der Waals surface area (Å²) < 4.78 is 20.4. The molecule has 0 aromatic heterocycles. The van der Waals surface area contributed by atoms with Crippen LogP contribution >= 0.6 is 11.6 Å². The Bertz CT molecular complexity index is 744. The largest absolute Gasteiger partial charge is 0.466 e. The molecule has 0 saturated heterocycles. The van der Waals surface area contributed by atoms with Gasteiger partial charge in [-0.3, -0.25) is 0 Å². The highest BCUT2D eigenvalue weighted by atomic mass is 35.5. The number of methoxy groups -OCH3 is 4. The zero-order chi connectivity index (χ0) is 20.0. The van der Waals surface area contributed by atoms with Crippen molar-refractivity contribution in [2.45, 2.75) is 5.92 Å². The number of carbonyl (C=O) groups excluding carboxylic acids is 2. The average Bonchev–Trinajstić information content (AvgIpc) is 2.67. The minimum Gasteiger partial charge on any atom is -0.466 e. The summed E-state index contributed by atoms with van der Waals surface area (Å²) in [6.45, 7) is 0.208. The van der Waals surface area contributed by atoms with Gasteiger partial charge in [-0.25, -0.2) is 9.59 Å². The van der Waals surface area contributed by atoms with Crippen molar-refractivity contribution in [3.63, 3.8) is 0 Å². The van der Waals surface area contributed by atoms with E-state index < -0.39 is 17.9 Å². The summed E-state index contributed by atoms with van der Waals surface area (Å²) in [5, 5.41) is 3.47. The van der Waals surface area contributed by atoms with Crippen LogP contribution in [-0.2, 0) is 28.5 Å². The summed E-state index contributed by atoms with van der Waals surface area (Å²) in [6, 6.07) is 6.98. The number of benzene rings is 1. The van der Waals surface area contributed by atoms with Gasteiger partial charge in [-0.1, -0.05) is 29.8 Å². The van der Waals surface area contributed by atoms with E-state index >= 15 is 0 Å². The van der Waals surface area contributed by atoms with Crippen LogP contribution in [0.3, 0.4) is 0 Å². The first kappa shape index (κ1) is 21.0. The van der Waals surface area contributed by atoms with Crippen LogP contribution in [0, 0.1) is 0 Å². The molecule has 146 valence electrons. The number of nitrogens with one attached hydrogen (secondary N) is 1. The maximum Gasteiger partial charge on any atom is 0.336 e. The molecular weight excluding hydrogens is 374 g/mol. The Kier molecular flexibility index (Phi) is 7.41. The Morgan fingerprint density at radius 1 is 0.926 bits per heavy atom. The number of rotatable bonds is 7. The maximum absolute atomic E-state index is 12.6. The highest BCUT2D eigenvalue weighted by Gasteiger charge is 2.40. The molecule has 0 amide bonds. The molecule has 0 bridgehead atoms. The van der Waals surface area contributed by atoms with E-state index in [1.165, 1.54) is 28.4 Å². The van der Waals surface area contributed by atoms with E-state index in [9.17, 15) is 9.59 Å². The smallest absolute Gasteiger partial charge is 0.336 e. The van der Waals surface area contributed by atoms with Gasteiger partial charge in [0.2, 0.25) is 0 Å². The van der Waals surface area contributed by atoms with Gasteiger partial charge < -0.3 is 24.3 Å². The molecule has 1 aromatic carbocycles. The van der Waals surface area contributed by atoms with Crippen LogP contribution < -0.4 is 5.32 Å². The minimum atomic E-state index is -0.796. The second kappa shape index (κ2) is 9.55. The van der Waals surface area contributed by atoms with E-state index in [1.54, 1.807) is 24.3 Å². The van der Waals surface area contributed by atoms with Crippen molar-refractivity contribution in [1.82, 2.24) is 5.32 Å². The van der Waals surface area contributed by atoms with Gasteiger partial charge in [-0.2, -0.15) is 0 Å². The van der Waals surface area contributed by atoms with Crippen molar-refractivity contribution in [2.24, 2.45) is 0 Å². The summed E-state index contributed by atoms with van der Waals surface area (Å²) in [5.74, 6) is -2.00. The van der Waals surface area contributed by atoms with Crippen molar-refractivity contribution < 1.29 is 28.5 Å². The van der Waals surface area contributed by atoms with Crippen LogP contribution in [-0.4, -0.2) is 53.6 Å². The molecule has 0 saturated carbocycles. The van der Waals surface area contributed by atoms with Gasteiger partial charge in [0.15, 0.2) is 0 Å². The maximum atomic E-state index is 12.6. The predicted molar refractivity (Wildman–Crippen MR) is 99.2 cm³/mol. The molecule has 1 aliphatic heterocycles. The number of halogens is 1. The van der Waals surface area contributed by atoms with Gasteiger partial charge in [0, 0.05) is 19.2 Å². The van der Waals surface area contributed by atoms with Gasteiger partial charge in [-0.05, 0) is 11.6 Å². The predicted octanol–water partition coefficient (Wildman–Crippen LogP) is 2.17. The molecular formula is C19H22ClNO6. The Balaban J connectivity index is 2.81. The Morgan fingerprint density at radius 3 is 1.81 bits per heavy atom. The summed E-state index contributed by atoms with van der Waals surface area (Å²) in [7, 11) is 5.55. The lowest BCUT2D eigenvalue weighted by molar-refractivity contribution is -0.137. The molecule has 1 N–H and O–H groups in total. The summed E-state index contributed by atoms with van der Waals surface area (Å²) in [5.41, 5.74) is 1.96. The monoisotopic (exact) mass is 395 g/mol. The molecule has 8 heteroatoms. The number of hydrogen-bond donors (Lipinski definition) is 1. The Labute approximate surface area is 162 Å². The third-order valence-electron chi connectivity index (χ3n) is 4.13.